The van der Waals surface area contributed by atoms with E-state index in [4.69, 9.17) is 0 Å². The quantitative estimate of drug-likeness (QED) is 0.391. The SMILES string of the molecule is [O-]OOSc1ccc(F)cc1. The zero-order chi connectivity index (χ0) is 8.10. The summed E-state index contributed by atoms with van der Waals surface area (Å²) in [7, 11) is 0. The Labute approximate surface area is 66.8 Å². The van der Waals surface area contributed by atoms with Gasteiger partial charge < -0.3 is 5.26 Å². The summed E-state index contributed by atoms with van der Waals surface area (Å²) in [5.74, 6) is -0.336. The Morgan fingerprint density at radius 1 is 1.27 bits per heavy atom. The van der Waals surface area contributed by atoms with Crippen LogP contribution in [-0.4, -0.2) is 0 Å². The number of hydrogen-bond acceptors (Lipinski definition) is 4. The molecule has 0 aliphatic rings. The molecular formula is C6H4FO3S-. The highest BCUT2D eigenvalue weighted by atomic mass is 32.2. The van der Waals surface area contributed by atoms with E-state index in [0.29, 0.717) is 4.90 Å². The molecule has 0 saturated carbocycles. The lowest BCUT2D eigenvalue weighted by Crippen LogP contribution is -2.00. The highest BCUT2D eigenvalue weighted by Crippen LogP contribution is 2.18. The van der Waals surface area contributed by atoms with Crippen molar-refractivity contribution in [1.29, 1.82) is 0 Å². The van der Waals surface area contributed by atoms with Gasteiger partial charge in [-0.15, -0.1) is 0 Å². The Balaban J connectivity index is 2.52. The smallest absolute Gasteiger partial charge is 0.123 e. The normalized spacial score (nSPS) is 10.0. The van der Waals surface area contributed by atoms with Crippen molar-refractivity contribution in [2.45, 2.75) is 4.90 Å². The van der Waals surface area contributed by atoms with E-state index in [1.165, 1.54) is 24.3 Å². The molecule has 0 N–H and O–H groups in total. The molecule has 1 rings (SSSR count). The van der Waals surface area contributed by atoms with Gasteiger partial charge in [-0.2, -0.15) is 4.33 Å². The monoisotopic (exact) mass is 175 g/mol. The third-order valence-corrected chi connectivity index (χ3v) is 1.56. The third-order valence-electron chi connectivity index (χ3n) is 0.972. The van der Waals surface area contributed by atoms with Crippen LogP contribution in [-0.2, 0) is 9.37 Å². The first-order valence-electron chi connectivity index (χ1n) is 2.71. The zero-order valence-electron chi connectivity index (χ0n) is 5.32. The maximum Gasteiger partial charge on any atom is 0.123 e. The fourth-order valence-electron chi connectivity index (χ4n) is 0.543. The van der Waals surface area contributed by atoms with Crippen LogP contribution in [0.1, 0.15) is 0 Å². The van der Waals surface area contributed by atoms with Gasteiger partial charge >= 0.3 is 0 Å². The molecule has 0 heterocycles. The summed E-state index contributed by atoms with van der Waals surface area (Å²) in [5.41, 5.74) is 0. The lowest BCUT2D eigenvalue weighted by molar-refractivity contribution is -0.777. The van der Waals surface area contributed by atoms with Crippen LogP contribution in [0.25, 0.3) is 0 Å². The Bertz CT molecular complexity index is 214. The van der Waals surface area contributed by atoms with Crippen LogP contribution >= 0.6 is 12.0 Å². The molecule has 3 nitrogen and oxygen atoms in total. The van der Waals surface area contributed by atoms with Crippen molar-refractivity contribution in [1.82, 2.24) is 0 Å². The molecule has 0 saturated heterocycles. The molecule has 0 radical (unpaired) electrons. The molecule has 0 bridgehead atoms. The molecule has 11 heavy (non-hydrogen) atoms. The highest BCUT2D eigenvalue weighted by Gasteiger charge is 1.93. The highest BCUT2D eigenvalue weighted by molar-refractivity contribution is 7.94. The first-order chi connectivity index (χ1) is 5.33. The average Bonchev–Trinajstić information content (AvgIpc) is 2.04. The van der Waals surface area contributed by atoms with Gasteiger partial charge in [0.15, 0.2) is 0 Å². The summed E-state index contributed by atoms with van der Waals surface area (Å²) in [6, 6.07) is 5.46. The fraction of sp³-hybridized carbons (Fsp3) is 0. The Kier molecular flexibility index (Phi) is 3.31. The molecular weight excluding hydrogens is 171 g/mol. The van der Waals surface area contributed by atoms with Gasteiger partial charge in [-0.25, -0.2) is 4.39 Å². The summed E-state index contributed by atoms with van der Waals surface area (Å²) < 4.78 is 16.3. The Morgan fingerprint density at radius 2 is 1.91 bits per heavy atom. The van der Waals surface area contributed by atoms with Crippen LogP contribution in [0.4, 0.5) is 4.39 Å². The first-order valence-corrected chi connectivity index (χ1v) is 3.46. The molecule has 0 fully saturated rings. The van der Waals surface area contributed by atoms with Gasteiger partial charge in [-0.1, -0.05) is 0 Å². The van der Waals surface area contributed by atoms with Crippen molar-refractivity contribution in [2.75, 3.05) is 0 Å². The van der Waals surface area contributed by atoms with Crippen molar-refractivity contribution < 1.29 is 19.0 Å². The molecule has 1 aromatic rings. The molecule has 0 spiro atoms. The van der Waals surface area contributed by atoms with Gasteiger partial charge in [-0.3, -0.25) is 5.04 Å². The molecule has 1 aromatic carbocycles. The van der Waals surface area contributed by atoms with Crippen LogP contribution in [0.3, 0.4) is 0 Å². The van der Waals surface area contributed by atoms with Gasteiger partial charge in [0.25, 0.3) is 0 Å². The van der Waals surface area contributed by atoms with Gasteiger partial charge in [0.2, 0.25) is 0 Å². The van der Waals surface area contributed by atoms with Crippen LogP contribution in [0, 0.1) is 5.82 Å². The molecule has 0 aromatic heterocycles. The molecule has 0 amide bonds. The van der Waals surface area contributed by atoms with E-state index in [9.17, 15) is 9.65 Å². The van der Waals surface area contributed by atoms with Gasteiger partial charge in [0, 0.05) is 4.90 Å². The third kappa shape index (κ3) is 2.85. The number of rotatable bonds is 3. The van der Waals surface area contributed by atoms with Gasteiger partial charge in [0.05, 0.1) is 12.0 Å². The summed E-state index contributed by atoms with van der Waals surface area (Å²) in [6.45, 7) is 0. The van der Waals surface area contributed by atoms with Crippen LogP contribution < -0.4 is 5.26 Å². The summed E-state index contributed by atoms with van der Waals surface area (Å²) in [4.78, 5) is 0.599. The molecule has 0 aliphatic heterocycles. The Morgan fingerprint density at radius 3 is 2.45 bits per heavy atom. The molecule has 0 unspecified atom stereocenters. The molecule has 0 atom stereocenters. The number of benzene rings is 1. The van der Waals surface area contributed by atoms with Crippen LogP contribution in [0.5, 0.6) is 0 Å². The second kappa shape index (κ2) is 4.30. The Hall–Kier alpha value is -0.620. The largest absolute Gasteiger partial charge is 0.691 e. The van der Waals surface area contributed by atoms with Gasteiger partial charge in [0.1, 0.15) is 5.82 Å². The summed E-state index contributed by atoms with van der Waals surface area (Å²) in [5, 5.41) is 12.4. The minimum Gasteiger partial charge on any atom is -0.691 e. The van der Waals surface area contributed by atoms with Gasteiger partial charge in [-0.05, 0) is 24.3 Å². The van der Waals surface area contributed by atoms with E-state index in [1.54, 1.807) is 0 Å². The second-order valence-corrected chi connectivity index (χ2v) is 2.45. The summed E-state index contributed by atoms with van der Waals surface area (Å²) in [6.07, 6.45) is 0. The van der Waals surface area contributed by atoms with E-state index in [2.05, 4.69) is 9.37 Å². The predicted octanol–water partition coefficient (Wildman–Crippen LogP) is 1.06. The predicted molar refractivity (Wildman–Crippen MR) is 34.4 cm³/mol. The fourth-order valence-corrected chi connectivity index (χ4v) is 0.897. The second-order valence-electron chi connectivity index (χ2n) is 1.67. The van der Waals surface area contributed by atoms with Crippen LogP contribution in [0.15, 0.2) is 29.2 Å². The summed E-state index contributed by atoms with van der Waals surface area (Å²) >= 11 is 0.728. The molecule has 0 aliphatic carbocycles. The van der Waals surface area contributed by atoms with Crippen molar-refractivity contribution in [3.05, 3.63) is 30.1 Å². The maximum absolute atomic E-state index is 12.3. The number of halogens is 1. The standard InChI is InChI=1S/C6H5FO3S/c7-5-1-3-6(4-2-5)11-10-9-8/h1-4,8H/p-1. The minimum absolute atomic E-state index is 0.336. The minimum atomic E-state index is -0.336. The average molecular weight is 175 g/mol. The van der Waals surface area contributed by atoms with Crippen molar-refractivity contribution in [3.8, 4) is 0 Å². The van der Waals surface area contributed by atoms with E-state index in [1.807, 2.05) is 0 Å². The maximum atomic E-state index is 12.3. The number of hydrogen-bond donors (Lipinski definition) is 0. The van der Waals surface area contributed by atoms with E-state index < -0.39 is 0 Å². The van der Waals surface area contributed by atoms with Crippen molar-refractivity contribution in [3.63, 3.8) is 0 Å². The van der Waals surface area contributed by atoms with Crippen LogP contribution in [0.2, 0.25) is 0 Å². The first kappa shape index (κ1) is 8.48. The zero-order valence-corrected chi connectivity index (χ0v) is 6.14. The van der Waals surface area contributed by atoms with Crippen molar-refractivity contribution >= 4 is 12.0 Å². The lowest BCUT2D eigenvalue weighted by Gasteiger charge is -2.02. The van der Waals surface area contributed by atoms with Crippen molar-refractivity contribution in [2.24, 2.45) is 0 Å². The topological polar surface area (TPSA) is 41.5 Å². The lowest BCUT2D eigenvalue weighted by atomic mass is 10.4. The molecule has 5 heteroatoms. The van der Waals surface area contributed by atoms with E-state index in [0.717, 1.165) is 12.0 Å². The van der Waals surface area contributed by atoms with E-state index in [-0.39, 0.29) is 5.82 Å². The molecule has 60 valence electrons. The van der Waals surface area contributed by atoms with E-state index >= 15 is 0 Å².